The van der Waals surface area contributed by atoms with Gasteiger partial charge in [-0.15, -0.1) is 0 Å². The second kappa shape index (κ2) is 5.30. The number of benzene rings is 1. The average Bonchev–Trinajstić information content (AvgIpc) is 2.40. The highest BCUT2D eigenvalue weighted by Gasteiger charge is 2.30. The molecule has 1 aromatic carbocycles. The number of rotatable bonds is 4. The minimum atomic E-state index is 0.0514. The van der Waals surface area contributed by atoms with Crippen LogP contribution in [0.15, 0.2) is 35.4 Å². The van der Waals surface area contributed by atoms with E-state index in [4.69, 9.17) is 0 Å². The summed E-state index contributed by atoms with van der Waals surface area (Å²) < 4.78 is 0. The fourth-order valence-corrected chi connectivity index (χ4v) is 2.51. The first-order chi connectivity index (χ1) is 8.70. The molecule has 0 aromatic heterocycles. The van der Waals surface area contributed by atoms with Crippen LogP contribution in [0.2, 0.25) is 0 Å². The third-order valence-electron chi connectivity index (χ3n) is 3.33. The number of hydrogen-bond acceptors (Lipinski definition) is 2. The number of allylic oxidation sites excluding steroid dienone is 2. The Kier molecular flexibility index (Phi) is 3.75. The van der Waals surface area contributed by atoms with Crippen LogP contribution in [0.5, 0.6) is 0 Å². The van der Waals surface area contributed by atoms with Gasteiger partial charge in [0, 0.05) is 22.3 Å². The third kappa shape index (κ3) is 2.03. The molecule has 0 radical (unpaired) electrons. The van der Waals surface area contributed by atoms with Crippen LogP contribution in [0.3, 0.4) is 0 Å². The molecule has 2 heteroatoms. The highest BCUT2D eigenvalue weighted by Crippen LogP contribution is 2.30. The minimum Gasteiger partial charge on any atom is -0.289 e. The van der Waals surface area contributed by atoms with Crippen molar-refractivity contribution >= 4 is 11.6 Å². The van der Waals surface area contributed by atoms with Gasteiger partial charge in [-0.2, -0.15) is 0 Å². The molecule has 94 valence electrons. The molecule has 0 amide bonds. The van der Waals surface area contributed by atoms with Gasteiger partial charge in [-0.3, -0.25) is 9.59 Å². The molecule has 0 unspecified atom stereocenters. The van der Waals surface area contributed by atoms with Crippen LogP contribution in [0.25, 0.3) is 0 Å². The first-order valence-electron chi connectivity index (χ1n) is 6.61. The average molecular weight is 242 g/mol. The van der Waals surface area contributed by atoms with Gasteiger partial charge in [0.2, 0.25) is 0 Å². The zero-order chi connectivity index (χ0) is 13.1. The number of carbonyl (C=O) groups is 2. The lowest BCUT2D eigenvalue weighted by Gasteiger charge is -2.20. The van der Waals surface area contributed by atoms with Gasteiger partial charge in [0.05, 0.1) is 0 Å². The number of Topliss-reactive ketones (excluding diaryl/α,β-unsaturated/α-hetero) is 2. The molecular weight excluding hydrogens is 224 g/mol. The molecule has 1 aliphatic carbocycles. The van der Waals surface area contributed by atoms with Crippen LogP contribution in [0.1, 0.15) is 60.2 Å². The zero-order valence-corrected chi connectivity index (χ0v) is 11.0. The fraction of sp³-hybridized carbons (Fsp3) is 0.375. The summed E-state index contributed by atoms with van der Waals surface area (Å²) in [4.78, 5) is 24.9. The number of hydrogen-bond donors (Lipinski definition) is 0. The maximum absolute atomic E-state index is 12.4. The summed E-state index contributed by atoms with van der Waals surface area (Å²) in [6.07, 6.45) is 3.19. The van der Waals surface area contributed by atoms with Gasteiger partial charge in [0.25, 0.3) is 0 Å². The molecule has 18 heavy (non-hydrogen) atoms. The standard InChI is InChI=1S/C16H18O2/c1-3-7-11-12(8-4-2)16(18)14-10-6-5-9-13(14)15(11)17/h5-6,9-10H,3-4,7-8H2,1-2H3. The second-order valence-electron chi connectivity index (χ2n) is 4.66. The molecule has 1 aromatic rings. The van der Waals surface area contributed by atoms with Crippen LogP contribution >= 0.6 is 0 Å². The largest absolute Gasteiger partial charge is 0.289 e. The van der Waals surface area contributed by atoms with E-state index >= 15 is 0 Å². The Balaban J connectivity index is 2.56. The first-order valence-corrected chi connectivity index (χ1v) is 6.61. The Hall–Kier alpha value is -1.70. The smallest absolute Gasteiger partial charge is 0.190 e. The van der Waals surface area contributed by atoms with Gasteiger partial charge >= 0.3 is 0 Å². The summed E-state index contributed by atoms with van der Waals surface area (Å²) in [7, 11) is 0. The normalized spacial score (nSPS) is 15.0. The maximum atomic E-state index is 12.4. The van der Waals surface area contributed by atoms with E-state index in [2.05, 4.69) is 0 Å². The van der Waals surface area contributed by atoms with Crippen LogP contribution in [-0.4, -0.2) is 11.6 Å². The molecule has 0 spiro atoms. The summed E-state index contributed by atoms with van der Waals surface area (Å²) in [6, 6.07) is 7.15. The van der Waals surface area contributed by atoms with Crippen LogP contribution in [-0.2, 0) is 0 Å². The molecule has 0 bridgehead atoms. The lowest BCUT2D eigenvalue weighted by atomic mass is 9.81. The van der Waals surface area contributed by atoms with Gasteiger partial charge < -0.3 is 0 Å². The topological polar surface area (TPSA) is 34.1 Å². The SMILES string of the molecule is CCCC1=C(CCC)C(=O)c2ccccc2C1=O. The summed E-state index contributed by atoms with van der Waals surface area (Å²) in [5.41, 5.74) is 2.63. The molecule has 0 fully saturated rings. The summed E-state index contributed by atoms with van der Waals surface area (Å²) in [5.74, 6) is 0.103. The summed E-state index contributed by atoms with van der Waals surface area (Å²) >= 11 is 0. The summed E-state index contributed by atoms with van der Waals surface area (Å²) in [6.45, 7) is 4.07. The predicted octanol–water partition coefficient (Wildman–Crippen LogP) is 3.96. The van der Waals surface area contributed by atoms with Gasteiger partial charge in [0.15, 0.2) is 11.6 Å². The van der Waals surface area contributed by atoms with Crippen molar-refractivity contribution in [3.63, 3.8) is 0 Å². The van der Waals surface area contributed by atoms with Crippen LogP contribution in [0, 0.1) is 0 Å². The van der Waals surface area contributed by atoms with E-state index in [0.29, 0.717) is 24.0 Å². The van der Waals surface area contributed by atoms with E-state index in [1.165, 1.54) is 0 Å². The Bertz CT molecular complexity index is 477. The van der Waals surface area contributed by atoms with Crippen molar-refractivity contribution < 1.29 is 9.59 Å². The van der Waals surface area contributed by atoms with Crippen molar-refractivity contribution in [3.8, 4) is 0 Å². The quantitative estimate of drug-likeness (QED) is 0.800. The molecule has 0 atom stereocenters. The molecule has 0 saturated carbocycles. The molecule has 0 heterocycles. The van der Waals surface area contributed by atoms with E-state index in [1.807, 2.05) is 26.0 Å². The van der Waals surface area contributed by atoms with Gasteiger partial charge in [-0.25, -0.2) is 0 Å². The van der Waals surface area contributed by atoms with Crippen molar-refractivity contribution in [2.24, 2.45) is 0 Å². The van der Waals surface area contributed by atoms with Crippen LogP contribution < -0.4 is 0 Å². The van der Waals surface area contributed by atoms with Gasteiger partial charge in [-0.1, -0.05) is 51.0 Å². The second-order valence-corrected chi connectivity index (χ2v) is 4.66. The highest BCUT2D eigenvalue weighted by molar-refractivity contribution is 6.26. The van der Waals surface area contributed by atoms with Crippen molar-refractivity contribution in [1.82, 2.24) is 0 Å². The minimum absolute atomic E-state index is 0.0514. The van der Waals surface area contributed by atoms with E-state index in [0.717, 1.165) is 24.0 Å². The lowest BCUT2D eigenvalue weighted by Crippen LogP contribution is -2.22. The molecule has 0 saturated heterocycles. The highest BCUT2D eigenvalue weighted by atomic mass is 16.1. The van der Waals surface area contributed by atoms with E-state index < -0.39 is 0 Å². The molecule has 1 aliphatic rings. The van der Waals surface area contributed by atoms with Crippen molar-refractivity contribution in [1.29, 1.82) is 0 Å². The van der Waals surface area contributed by atoms with Gasteiger partial charge in [0.1, 0.15) is 0 Å². The number of fused-ring (bicyclic) bond motifs is 1. The Morgan fingerprint density at radius 3 is 1.50 bits per heavy atom. The monoisotopic (exact) mass is 242 g/mol. The maximum Gasteiger partial charge on any atom is 0.190 e. The first kappa shape index (κ1) is 12.7. The zero-order valence-electron chi connectivity index (χ0n) is 11.0. The van der Waals surface area contributed by atoms with Crippen LogP contribution in [0.4, 0.5) is 0 Å². The van der Waals surface area contributed by atoms with E-state index in [-0.39, 0.29) is 11.6 Å². The fourth-order valence-electron chi connectivity index (χ4n) is 2.51. The Labute approximate surface area is 108 Å². The number of ketones is 2. The van der Waals surface area contributed by atoms with Crippen molar-refractivity contribution in [2.75, 3.05) is 0 Å². The Morgan fingerprint density at radius 2 is 1.17 bits per heavy atom. The molecule has 2 rings (SSSR count). The van der Waals surface area contributed by atoms with E-state index in [9.17, 15) is 9.59 Å². The van der Waals surface area contributed by atoms with Crippen molar-refractivity contribution in [3.05, 3.63) is 46.5 Å². The van der Waals surface area contributed by atoms with Crippen molar-refractivity contribution in [2.45, 2.75) is 39.5 Å². The third-order valence-corrected chi connectivity index (χ3v) is 3.33. The molecular formula is C16H18O2. The number of carbonyl (C=O) groups excluding carboxylic acids is 2. The molecule has 2 nitrogen and oxygen atoms in total. The van der Waals surface area contributed by atoms with Gasteiger partial charge in [-0.05, 0) is 12.8 Å². The molecule has 0 N–H and O–H groups in total. The summed E-state index contributed by atoms with van der Waals surface area (Å²) in [5, 5.41) is 0. The molecule has 0 aliphatic heterocycles. The lowest BCUT2D eigenvalue weighted by molar-refractivity contribution is 0.0968. The Morgan fingerprint density at radius 1 is 0.778 bits per heavy atom. The van der Waals surface area contributed by atoms with E-state index in [1.54, 1.807) is 12.1 Å². The predicted molar refractivity (Wildman–Crippen MR) is 71.9 cm³/mol.